The maximum absolute atomic E-state index is 10.8. The number of phenols is 1. The molecule has 1 N–H and O–H groups in total. The molecule has 0 bridgehead atoms. The lowest BCUT2D eigenvalue weighted by molar-refractivity contribution is 0.393. The van der Waals surface area contributed by atoms with E-state index in [4.69, 9.17) is 0 Å². The van der Waals surface area contributed by atoms with E-state index in [1.165, 1.54) is 80.9 Å². The molecule has 0 radical (unpaired) electrons. The Hall–Kier alpha value is -0.980. The smallest absolute Gasteiger partial charge is 0.122 e. The Balaban J connectivity index is 1.91. The van der Waals surface area contributed by atoms with Crippen molar-refractivity contribution in [3.05, 3.63) is 28.8 Å². The zero-order valence-corrected chi connectivity index (χ0v) is 12.8. The van der Waals surface area contributed by atoms with E-state index in [9.17, 15) is 5.11 Å². The lowest BCUT2D eigenvalue weighted by Gasteiger charge is -2.28. The van der Waals surface area contributed by atoms with E-state index in [1.54, 1.807) is 0 Å². The van der Waals surface area contributed by atoms with Crippen molar-refractivity contribution in [2.75, 3.05) is 0 Å². The van der Waals surface area contributed by atoms with Crippen LogP contribution in [0.1, 0.15) is 92.7 Å². The molecule has 0 atom stereocenters. The number of hydrogen-bond donors (Lipinski definition) is 1. The van der Waals surface area contributed by atoms with Crippen molar-refractivity contribution in [1.29, 1.82) is 0 Å². The van der Waals surface area contributed by atoms with Gasteiger partial charge in [0.05, 0.1) is 0 Å². The van der Waals surface area contributed by atoms with Crippen molar-refractivity contribution in [3.63, 3.8) is 0 Å². The summed E-state index contributed by atoms with van der Waals surface area (Å²) >= 11 is 0. The number of aryl methyl sites for hydroxylation is 1. The van der Waals surface area contributed by atoms with Crippen LogP contribution >= 0.6 is 0 Å². The minimum atomic E-state index is 0.603. The quantitative estimate of drug-likeness (QED) is 0.721. The predicted octanol–water partition coefficient (Wildman–Crippen LogP) is 5.80. The number of hydrogen-bond acceptors (Lipinski definition) is 1. The van der Waals surface area contributed by atoms with Crippen LogP contribution in [0.3, 0.4) is 0 Å². The molecule has 1 aromatic rings. The zero-order chi connectivity index (χ0) is 13.9. The first-order valence-corrected chi connectivity index (χ1v) is 8.59. The monoisotopic (exact) mass is 272 g/mol. The molecule has 0 aromatic heterocycles. The van der Waals surface area contributed by atoms with Gasteiger partial charge in [0.25, 0.3) is 0 Å². The molecule has 0 unspecified atom stereocenters. The van der Waals surface area contributed by atoms with Gasteiger partial charge in [-0.25, -0.2) is 0 Å². The first-order valence-electron chi connectivity index (χ1n) is 8.59. The summed E-state index contributed by atoms with van der Waals surface area (Å²) in [5, 5.41) is 10.8. The fourth-order valence-electron chi connectivity index (χ4n) is 4.29. The van der Waals surface area contributed by atoms with Gasteiger partial charge in [0, 0.05) is 0 Å². The van der Waals surface area contributed by atoms with E-state index in [-0.39, 0.29) is 0 Å². The van der Waals surface area contributed by atoms with Gasteiger partial charge in [-0.05, 0) is 55.6 Å². The summed E-state index contributed by atoms with van der Waals surface area (Å²) in [7, 11) is 0. The maximum Gasteiger partial charge on any atom is 0.122 e. The van der Waals surface area contributed by atoms with Crippen LogP contribution < -0.4 is 0 Å². The number of rotatable bonds is 2. The molecule has 0 saturated heterocycles. The van der Waals surface area contributed by atoms with E-state index in [0.717, 1.165) is 0 Å². The van der Waals surface area contributed by atoms with Gasteiger partial charge in [0.1, 0.15) is 5.75 Å². The van der Waals surface area contributed by atoms with Gasteiger partial charge < -0.3 is 5.11 Å². The van der Waals surface area contributed by atoms with E-state index >= 15 is 0 Å². The van der Waals surface area contributed by atoms with Crippen LogP contribution in [-0.2, 0) is 0 Å². The Bertz CT molecular complexity index is 412. The van der Waals surface area contributed by atoms with Gasteiger partial charge in [0.2, 0.25) is 0 Å². The maximum atomic E-state index is 10.8. The molecule has 2 fully saturated rings. The summed E-state index contributed by atoms with van der Waals surface area (Å²) in [4.78, 5) is 0. The lowest BCUT2D eigenvalue weighted by Crippen LogP contribution is -2.09. The van der Waals surface area contributed by atoms with Crippen molar-refractivity contribution in [2.24, 2.45) is 0 Å². The highest BCUT2D eigenvalue weighted by atomic mass is 16.3. The molecular weight excluding hydrogens is 244 g/mol. The largest absolute Gasteiger partial charge is 0.507 e. The van der Waals surface area contributed by atoms with Crippen molar-refractivity contribution in [2.45, 2.75) is 83.0 Å². The van der Waals surface area contributed by atoms with E-state index in [2.05, 4.69) is 19.1 Å². The molecular formula is C19H28O. The van der Waals surface area contributed by atoms with Crippen LogP contribution in [0.15, 0.2) is 12.1 Å². The summed E-state index contributed by atoms with van der Waals surface area (Å²) in [6.45, 7) is 2.19. The molecule has 0 heterocycles. The molecule has 1 heteroatoms. The fraction of sp³-hybridized carbons (Fsp3) is 0.684. The molecule has 2 aliphatic rings. The number of aromatic hydroxyl groups is 1. The second-order valence-corrected chi connectivity index (χ2v) is 6.96. The summed E-state index contributed by atoms with van der Waals surface area (Å²) < 4.78 is 0. The van der Waals surface area contributed by atoms with E-state index in [0.29, 0.717) is 17.6 Å². The molecule has 1 aromatic carbocycles. The Morgan fingerprint density at radius 2 is 1.15 bits per heavy atom. The minimum absolute atomic E-state index is 0.603. The molecule has 110 valence electrons. The lowest BCUT2D eigenvalue weighted by atomic mass is 9.78. The summed E-state index contributed by atoms with van der Waals surface area (Å²) in [6.07, 6.45) is 13.1. The van der Waals surface area contributed by atoms with E-state index in [1.807, 2.05) is 0 Å². The molecule has 0 spiro atoms. The molecule has 2 aliphatic carbocycles. The van der Waals surface area contributed by atoms with Gasteiger partial charge in [-0.15, -0.1) is 0 Å². The highest BCUT2D eigenvalue weighted by Gasteiger charge is 2.24. The SMILES string of the molecule is Cc1cc(C2CCCCC2)c(O)c(C2CCCCC2)c1. The predicted molar refractivity (Wildman–Crippen MR) is 84.5 cm³/mol. The van der Waals surface area contributed by atoms with Gasteiger partial charge in [-0.3, -0.25) is 0 Å². The van der Waals surface area contributed by atoms with Gasteiger partial charge >= 0.3 is 0 Å². The van der Waals surface area contributed by atoms with Crippen LogP contribution in [0, 0.1) is 6.92 Å². The van der Waals surface area contributed by atoms with Crippen LogP contribution in [-0.4, -0.2) is 5.11 Å². The minimum Gasteiger partial charge on any atom is -0.507 e. The third kappa shape index (κ3) is 2.87. The first-order chi connectivity index (χ1) is 9.75. The summed E-state index contributed by atoms with van der Waals surface area (Å²) in [5.74, 6) is 1.85. The molecule has 3 rings (SSSR count). The van der Waals surface area contributed by atoms with Crippen molar-refractivity contribution < 1.29 is 5.11 Å². The fourth-order valence-corrected chi connectivity index (χ4v) is 4.29. The van der Waals surface area contributed by atoms with Crippen LogP contribution in [0.4, 0.5) is 0 Å². The van der Waals surface area contributed by atoms with Crippen molar-refractivity contribution in [3.8, 4) is 5.75 Å². The summed E-state index contributed by atoms with van der Waals surface area (Å²) in [6, 6.07) is 4.50. The first kappa shape index (κ1) is 14.0. The Morgan fingerprint density at radius 3 is 1.55 bits per heavy atom. The Morgan fingerprint density at radius 1 is 0.750 bits per heavy atom. The molecule has 2 saturated carbocycles. The highest BCUT2D eigenvalue weighted by molar-refractivity contribution is 5.47. The second kappa shape index (κ2) is 6.20. The van der Waals surface area contributed by atoms with Gasteiger partial charge in [-0.2, -0.15) is 0 Å². The third-order valence-electron chi connectivity index (χ3n) is 5.40. The third-order valence-corrected chi connectivity index (χ3v) is 5.40. The average molecular weight is 272 g/mol. The average Bonchev–Trinajstić information content (AvgIpc) is 2.51. The Labute approximate surface area is 123 Å². The zero-order valence-electron chi connectivity index (χ0n) is 12.8. The van der Waals surface area contributed by atoms with Crippen molar-refractivity contribution in [1.82, 2.24) is 0 Å². The van der Waals surface area contributed by atoms with Gasteiger partial charge in [0.15, 0.2) is 0 Å². The topological polar surface area (TPSA) is 20.2 Å². The van der Waals surface area contributed by atoms with Crippen LogP contribution in [0.25, 0.3) is 0 Å². The molecule has 20 heavy (non-hydrogen) atoms. The van der Waals surface area contributed by atoms with Gasteiger partial charge in [-0.1, -0.05) is 56.2 Å². The summed E-state index contributed by atoms with van der Waals surface area (Å²) in [5.41, 5.74) is 3.85. The van der Waals surface area contributed by atoms with Crippen LogP contribution in [0.5, 0.6) is 5.75 Å². The highest BCUT2D eigenvalue weighted by Crippen LogP contribution is 2.44. The van der Waals surface area contributed by atoms with Crippen molar-refractivity contribution >= 4 is 0 Å². The van der Waals surface area contributed by atoms with E-state index < -0.39 is 0 Å². The molecule has 0 amide bonds. The molecule has 0 aliphatic heterocycles. The van der Waals surface area contributed by atoms with Crippen LogP contribution in [0.2, 0.25) is 0 Å². The second-order valence-electron chi connectivity index (χ2n) is 6.96. The number of phenolic OH excluding ortho intramolecular Hbond substituents is 1. The Kier molecular flexibility index (Phi) is 4.33. The number of benzene rings is 1. The molecule has 1 nitrogen and oxygen atoms in total. The normalized spacial score (nSPS) is 22.1. The standard InChI is InChI=1S/C19H28O/c1-14-12-17(15-8-4-2-5-9-15)19(20)18(13-14)16-10-6-3-7-11-16/h12-13,15-16,20H,2-11H2,1H3.